The van der Waals surface area contributed by atoms with Crippen LogP contribution in [0.25, 0.3) is 0 Å². The summed E-state index contributed by atoms with van der Waals surface area (Å²) in [6, 6.07) is 0. The molecule has 0 spiro atoms. The van der Waals surface area contributed by atoms with Crippen molar-refractivity contribution in [2.24, 2.45) is 10.9 Å². The number of aromatic nitrogens is 1. The van der Waals surface area contributed by atoms with E-state index in [0.717, 1.165) is 43.0 Å². The van der Waals surface area contributed by atoms with Gasteiger partial charge in [-0.05, 0) is 32.1 Å². The minimum Gasteiger partial charge on any atom is -0.389 e. The van der Waals surface area contributed by atoms with Crippen LogP contribution in [0.15, 0.2) is 9.52 Å². The molecule has 0 bridgehead atoms. The number of rotatable bonds is 11. The Bertz CT molecular complexity index is 525. The monoisotopic (exact) mass is 480 g/mol. The maximum absolute atomic E-state index is 10.0. The van der Waals surface area contributed by atoms with Gasteiger partial charge in [0.05, 0.1) is 24.9 Å². The Kier molecular flexibility index (Phi) is 11.1. The zero-order valence-corrected chi connectivity index (χ0v) is 18.4. The fourth-order valence-corrected chi connectivity index (χ4v) is 2.55. The standard InChI is InChI=1S/C18H32N4O3.HI/c1-4-16-15(17(5-2)25-22-16)10-21-18(19-6-3)20-9-14(23)12-24-11-13-7-8-13;/h13-14,23H,4-12H2,1-3H3,(H2,19,20,21);1H. The molecule has 26 heavy (non-hydrogen) atoms. The Morgan fingerprint density at radius 1 is 1.31 bits per heavy atom. The van der Waals surface area contributed by atoms with Crippen LogP contribution in [-0.2, 0) is 24.1 Å². The second kappa shape index (κ2) is 12.5. The Balaban J connectivity index is 0.00000338. The first-order valence-electron chi connectivity index (χ1n) is 9.42. The van der Waals surface area contributed by atoms with Crippen LogP contribution in [0, 0.1) is 5.92 Å². The number of ether oxygens (including phenoxy) is 1. The van der Waals surface area contributed by atoms with Crippen LogP contribution in [0.3, 0.4) is 0 Å². The molecule has 1 atom stereocenters. The van der Waals surface area contributed by atoms with Crippen molar-refractivity contribution in [2.45, 2.75) is 59.1 Å². The number of nitrogens with one attached hydrogen (secondary N) is 2. The molecule has 0 amide bonds. The average molecular weight is 480 g/mol. The highest BCUT2D eigenvalue weighted by Gasteiger charge is 2.21. The van der Waals surface area contributed by atoms with E-state index in [0.29, 0.717) is 31.6 Å². The van der Waals surface area contributed by atoms with Crippen molar-refractivity contribution < 1.29 is 14.4 Å². The molecule has 1 heterocycles. The minimum absolute atomic E-state index is 0. The van der Waals surface area contributed by atoms with Gasteiger partial charge in [-0.25, -0.2) is 4.99 Å². The van der Waals surface area contributed by atoms with E-state index < -0.39 is 6.10 Å². The summed E-state index contributed by atoms with van der Waals surface area (Å²) in [7, 11) is 0. The lowest BCUT2D eigenvalue weighted by Crippen LogP contribution is -2.42. The van der Waals surface area contributed by atoms with Gasteiger partial charge >= 0.3 is 0 Å². The van der Waals surface area contributed by atoms with E-state index >= 15 is 0 Å². The van der Waals surface area contributed by atoms with Gasteiger partial charge in [-0.1, -0.05) is 19.0 Å². The molecule has 8 heteroatoms. The maximum Gasteiger partial charge on any atom is 0.191 e. The quantitative estimate of drug-likeness (QED) is 0.256. The summed E-state index contributed by atoms with van der Waals surface area (Å²) in [5.41, 5.74) is 2.03. The molecule has 0 aromatic carbocycles. The Morgan fingerprint density at radius 3 is 2.69 bits per heavy atom. The van der Waals surface area contributed by atoms with Crippen molar-refractivity contribution in [1.29, 1.82) is 0 Å². The molecule has 1 unspecified atom stereocenters. The summed E-state index contributed by atoms with van der Waals surface area (Å²) in [4.78, 5) is 4.61. The molecule has 1 aliphatic carbocycles. The van der Waals surface area contributed by atoms with E-state index in [1.807, 2.05) is 6.92 Å². The number of nitrogens with zero attached hydrogens (tertiary/aromatic N) is 2. The molecule has 3 N–H and O–H groups in total. The third-order valence-corrected chi connectivity index (χ3v) is 4.21. The Labute approximate surface area is 173 Å². The van der Waals surface area contributed by atoms with Crippen LogP contribution in [0.5, 0.6) is 0 Å². The summed E-state index contributed by atoms with van der Waals surface area (Å²) in [5, 5.41) is 20.5. The molecule has 0 radical (unpaired) electrons. The lowest BCUT2D eigenvalue weighted by Gasteiger charge is -2.15. The molecule has 1 saturated carbocycles. The van der Waals surface area contributed by atoms with Crippen LogP contribution < -0.4 is 10.6 Å². The normalized spacial score (nSPS) is 15.5. The van der Waals surface area contributed by atoms with E-state index in [4.69, 9.17) is 9.26 Å². The van der Waals surface area contributed by atoms with Crippen LogP contribution in [-0.4, -0.2) is 48.6 Å². The van der Waals surface area contributed by atoms with Crippen molar-refractivity contribution in [2.75, 3.05) is 26.3 Å². The average Bonchev–Trinajstić information content (AvgIpc) is 3.35. The summed E-state index contributed by atoms with van der Waals surface area (Å²) < 4.78 is 10.9. The first-order valence-corrected chi connectivity index (χ1v) is 9.42. The van der Waals surface area contributed by atoms with Crippen LogP contribution >= 0.6 is 24.0 Å². The van der Waals surface area contributed by atoms with Gasteiger partial charge in [0, 0.05) is 31.7 Å². The number of aliphatic hydroxyl groups is 1. The molecule has 0 saturated heterocycles. The molecular formula is C18H33IN4O3. The number of halogens is 1. The number of aliphatic hydroxyl groups excluding tert-OH is 1. The fraction of sp³-hybridized carbons (Fsp3) is 0.778. The number of aryl methyl sites for hydroxylation is 2. The zero-order valence-electron chi connectivity index (χ0n) is 16.1. The summed E-state index contributed by atoms with van der Waals surface area (Å²) in [6.45, 7) is 8.92. The van der Waals surface area contributed by atoms with Crippen molar-refractivity contribution in [3.05, 3.63) is 17.0 Å². The molecule has 1 aliphatic rings. The lowest BCUT2D eigenvalue weighted by atomic mass is 10.1. The van der Waals surface area contributed by atoms with Gasteiger partial charge in [0.2, 0.25) is 0 Å². The summed E-state index contributed by atoms with van der Waals surface area (Å²) in [5.74, 6) is 2.28. The van der Waals surface area contributed by atoms with Crippen LogP contribution in [0.2, 0.25) is 0 Å². The van der Waals surface area contributed by atoms with E-state index in [-0.39, 0.29) is 24.0 Å². The number of hydrogen-bond acceptors (Lipinski definition) is 5. The number of guanidine groups is 1. The zero-order chi connectivity index (χ0) is 18.1. The van der Waals surface area contributed by atoms with Crippen molar-refractivity contribution in [3.8, 4) is 0 Å². The van der Waals surface area contributed by atoms with Gasteiger partial charge in [0.1, 0.15) is 5.76 Å². The molecule has 7 nitrogen and oxygen atoms in total. The Morgan fingerprint density at radius 2 is 2.08 bits per heavy atom. The number of aliphatic imine (C=N–C) groups is 1. The molecule has 2 rings (SSSR count). The highest BCUT2D eigenvalue weighted by molar-refractivity contribution is 14.0. The molecule has 1 aromatic heterocycles. The fourth-order valence-electron chi connectivity index (χ4n) is 2.55. The van der Waals surface area contributed by atoms with E-state index in [9.17, 15) is 5.11 Å². The number of hydrogen-bond donors (Lipinski definition) is 3. The highest BCUT2D eigenvalue weighted by atomic mass is 127. The predicted molar refractivity (Wildman–Crippen MR) is 113 cm³/mol. The summed E-state index contributed by atoms with van der Waals surface area (Å²) in [6.07, 6.45) is 3.60. The van der Waals surface area contributed by atoms with Gasteiger partial charge < -0.3 is 25.0 Å². The summed E-state index contributed by atoms with van der Waals surface area (Å²) >= 11 is 0. The second-order valence-electron chi connectivity index (χ2n) is 6.45. The van der Waals surface area contributed by atoms with Gasteiger partial charge in [0.15, 0.2) is 5.96 Å². The molecular weight excluding hydrogens is 447 g/mol. The molecule has 1 aromatic rings. The predicted octanol–water partition coefficient (Wildman–Crippen LogP) is 2.26. The minimum atomic E-state index is -0.546. The third-order valence-electron chi connectivity index (χ3n) is 4.21. The van der Waals surface area contributed by atoms with E-state index in [2.05, 4.69) is 34.6 Å². The second-order valence-corrected chi connectivity index (χ2v) is 6.45. The van der Waals surface area contributed by atoms with Gasteiger partial charge in [0.25, 0.3) is 0 Å². The van der Waals surface area contributed by atoms with Gasteiger partial charge in [-0.3, -0.25) is 0 Å². The lowest BCUT2D eigenvalue weighted by molar-refractivity contribution is 0.0345. The molecule has 1 fully saturated rings. The van der Waals surface area contributed by atoms with Crippen molar-refractivity contribution in [3.63, 3.8) is 0 Å². The van der Waals surface area contributed by atoms with Crippen molar-refractivity contribution in [1.82, 2.24) is 15.8 Å². The first-order chi connectivity index (χ1) is 12.2. The van der Waals surface area contributed by atoms with Crippen molar-refractivity contribution >= 4 is 29.9 Å². The van der Waals surface area contributed by atoms with E-state index in [1.54, 1.807) is 0 Å². The Hall–Kier alpha value is -0.870. The maximum atomic E-state index is 10.0. The van der Waals surface area contributed by atoms with Gasteiger partial charge in [-0.15, -0.1) is 24.0 Å². The third kappa shape index (κ3) is 7.79. The largest absolute Gasteiger partial charge is 0.389 e. The SMILES string of the molecule is CCNC(=NCc1c(CC)noc1CC)NCC(O)COCC1CC1.I. The smallest absolute Gasteiger partial charge is 0.191 e. The van der Waals surface area contributed by atoms with E-state index in [1.165, 1.54) is 12.8 Å². The molecule has 150 valence electrons. The van der Waals surface area contributed by atoms with Crippen LogP contribution in [0.1, 0.15) is 50.6 Å². The topological polar surface area (TPSA) is 91.9 Å². The van der Waals surface area contributed by atoms with Gasteiger partial charge in [-0.2, -0.15) is 0 Å². The molecule has 0 aliphatic heterocycles. The first kappa shape index (κ1) is 23.2. The highest BCUT2D eigenvalue weighted by Crippen LogP contribution is 2.28. The van der Waals surface area contributed by atoms with Crippen LogP contribution in [0.4, 0.5) is 0 Å².